The molecule has 53 heavy (non-hydrogen) atoms. The number of hydrogen-bond acceptors (Lipinski definition) is 5. The standard InChI is InChI=1S/C48H84O5/c1-9-10-11-12-13-14-15-16-17-18-19-20-21-22-23-24-42(50)53-41-29-30-46(6)37-28-32-47(7)36(35-33-39(49)43(52-34-35)45(4,5)51)27-31-48(47,8)38(37)25-26-40(46)44(41,2)3/h25,35-37,39-41,43,49,51H,9-24,26-34H2,1-8H3/t35-,36+,37+,39-,40+,41+,43-,46-,47+,48-/m1/s1. The second-order valence-electron chi connectivity index (χ2n) is 20.9. The van der Waals surface area contributed by atoms with Gasteiger partial charge in [-0.05, 0) is 112 Å². The van der Waals surface area contributed by atoms with Crippen molar-refractivity contribution in [3.8, 4) is 0 Å². The van der Waals surface area contributed by atoms with Gasteiger partial charge >= 0.3 is 5.97 Å². The van der Waals surface area contributed by atoms with Crippen molar-refractivity contribution >= 4 is 5.97 Å². The molecule has 306 valence electrons. The number of unbranched alkanes of at least 4 members (excludes halogenated alkanes) is 14. The van der Waals surface area contributed by atoms with Crippen molar-refractivity contribution in [2.24, 2.45) is 45.3 Å². The lowest BCUT2D eigenvalue weighted by Gasteiger charge is -2.64. The van der Waals surface area contributed by atoms with E-state index in [0.717, 1.165) is 38.5 Å². The number of aliphatic hydroxyl groups is 2. The lowest BCUT2D eigenvalue weighted by molar-refractivity contribution is -0.189. The van der Waals surface area contributed by atoms with Crippen LogP contribution in [0.1, 0.15) is 209 Å². The molecule has 2 N–H and O–H groups in total. The smallest absolute Gasteiger partial charge is 0.306 e. The summed E-state index contributed by atoms with van der Waals surface area (Å²) in [5.41, 5.74) is 1.20. The Kier molecular flexibility index (Phi) is 14.8. The maximum absolute atomic E-state index is 13.2. The van der Waals surface area contributed by atoms with Gasteiger partial charge in [0, 0.05) is 11.8 Å². The Morgan fingerprint density at radius 2 is 1.42 bits per heavy atom. The van der Waals surface area contributed by atoms with Crippen molar-refractivity contribution in [3.05, 3.63) is 11.6 Å². The summed E-state index contributed by atoms with van der Waals surface area (Å²) in [7, 11) is 0. The summed E-state index contributed by atoms with van der Waals surface area (Å²) in [5.74, 6) is 1.97. The highest BCUT2D eigenvalue weighted by Gasteiger charge is 2.66. The molecule has 5 heteroatoms. The van der Waals surface area contributed by atoms with E-state index in [9.17, 15) is 15.0 Å². The maximum atomic E-state index is 13.2. The molecule has 5 nitrogen and oxygen atoms in total. The quantitative estimate of drug-likeness (QED) is 0.0783. The second kappa shape index (κ2) is 18.1. The third-order valence-corrected chi connectivity index (χ3v) is 16.7. The zero-order valence-corrected chi connectivity index (χ0v) is 35.9. The predicted molar refractivity (Wildman–Crippen MR) is 219 cm³/mol. The monoisotopic (exact) mass is 741 g/mol. The van der Waals surface area contributed by atoms with Gasteiger partial charge in [0.1, 0.15) is 12.2 Å². The van der Waals surface area contributed by atoms with Crippen LogP contribution in [0.3, 0.4) is 0 Å². The van der Waals surface area contributed by atoms with Crippen molar-refractivity contribution in [2.75, 3.05) is 6.61 Å². The third kappa shape index (κ3) is 9.29. The van der Waals surface area contributed by atoms with E-state index >= 15 is 0 Å². The molecule has 10 atom stereocenters. The van der Waals surface area contributed by atoms with Gasteiger partial charge in [-0.15, -0.1) is 0 Å². The van der Waals surface area contributed by atoms with Crippen LogP contribution in [0, 0.1) is 45.3 Å². The number of aliphatic hydroxyl groups excluding tert-OH is 1. The summed E-state index contributed by atoms with van der Waals surface area (Å²) < 4.78 is 12.6. The maximum Gasteiger partial charge on any atom is 0.306 e. The normalized spacial score (nSPS) is 38.1. The number of esters is 1. The Morgan fingerprint density at radius 1 is 0.830 bits per heavy atom. The van der Waals surface area contributed by atoms with Crippen LogP contribution in [-0.2, 0) is 14.3 Å². The largest absolute Gasteiger partial charge is 0.462 e. The van der Waals surface area contributed by atoms with Crippen LogP contribution >= 0.6 is 0 Å². The Bertz CT molecular complexity index is 1200. The lowest BCUT2D eigenvalue weighted by Crippen LogP contribution is -2.59. The van der Waals surface area contributed by atoms with Crippen LogP contribution in [0.15, 0.2) is 11.6 Å². The molecule has 4 aliphatic carbocycles. The Hall–Kier alpha value is -0.910. The number of allylic oxidation sites excluding steroid dienone is 2. The Balaban J connectivity index is 1.06. The first-order valence-corrected chi connectivity index (χ1v) is 23.0. The van der Waals surface area contributed by atoms with Crippen molar-refractivity contribution in [2.45, 2.75) is 233 Å². The molecule has 0 aromatic heterocycles. The van der Waals surface area contributed by atoms with Gasteiger partial charge in [-0.3, -0.25) is 4.79 Å². The van der Waals surface area contributed by atoms with E-state index < -0.39 is 17.8 Å². The molecule has 0 amide bonds. The molecule has 0 aromatic rings. The lowest BCUT2D eigenvalue weighted by atomic mass is 9.41. The average Bonchev–Trinajstić information content (AvgIpc) is 3.38. The van der Waals surface area contributed by atoms with Crippen LogP contribution in [-0.4, -0.2) is 46.7 Å². The molecule has 1 heterocycles. The first-order chi connectivity index (χ1) is 25.1. The van der Waals surface area contributed by atoms with Crippen LogP contribution in [0.25, 0.3) is 0 Å². The third-order valence-electron chi connectivity index (χ3n) is 16.7. The Morgan fingerprint density at radius 3 is 1.98 bits per heavy atom. The number of ether oxygens (including phenoxy) is 2. The number of fused-ring (bicyclic) bond motifs is 5. The van der Waals surface area contributed by atoms with Gasteiger partial charge in [-0.2, -0.15) is 0 Å². The topological polar surface area (TPSA) is 76.0 Å². The van der Waals surface area contributed by atoms with Gasteiger partial charge in [-0.25, -0.2) is 0 Å². The summed E-state index contributed by atoms with van der Waals surface area (Å²) in [4.78, 5) is 13.2. The summed E-state index contributed by atoms with van der Waals surface area (Å²) in [6.07, 6.45) is 30.9. The van der Waals surface area contributed by atoms with E-state index in [1.54, 1.807) is 19.4 Å². The predicted octanol–water partition coefficient (Wildman–Crippen LogP) is 12.3. The first kappa shape index (κ1) is 43.2. The fraction of sp³-hybridized carbons (Fsp3) is 0.938. The molecule has 1 saturated heterocycles. The molecule has 0 unspecified atom stereocenters. The van der Waals surface area contributed by atoms with Crippen LogP contribution in [0.4, 0.5) is 0 Å². The fourth-order valence-electron chi connectivity index (χ4n) is 13.3. The van der Waals surface area contributed by atoms with E-state index in [4.69, 9.17) is 9.47 Å². The molecule has 4 fully saturated rings. The van der Waals surface area contributed by atoms with E-state index in [2.05, 4.69) is 47.6 Å². The van der Waals surface area contributed by atoms with E-state index in [1.165, 1.54) is 109 Å². The molecule has 0 bridgehead atoms. The summed E-state index contributed by atoms with van der Waals surface area (Å²) in [6, 6.07) is 0. The zero-order valence-electron chi connectivity index (χ0n) is 35.9. The minimum Gasteiger partial charge on any atom is -0.462 e. The number of carbonyl (C=O) groups excluding carboxylic acids is 1. The number of hydrogen-bond donors (Lipinski definition) is 2. The van der Waals surface area contributed by atoms with E-state index in [-0.39, 0.29) is 33.7 Å². The van der Waals surface area contributed by atoms with Gasteiger partial charge in [0.05, 0.1) is 18.3 Å². The molecule has 5 aliphatic rings. The first-order valence-electron chi connectivity index (χ1n) is 23.0. The number of carbonyl (C=O) groups is 1. The number of rotatable bonds is 19. The molecule has 3 saturated carbocycles. The van der Waals surface area contributed by atoms with E-state index in [0.29, 0.717) is 36.7 Å². The summed E-state index contributed by atoms with van der Waals surface area (Å²) in [6.45, 7) is 18.9. The van der Waals surface area contributed by atoms with Gasteiger partial charge in [0.25, 0.3) is 0 Å². The zero-order chi connectivity index (χ0) is 38.5. The molecular formula is C48H84O5. The Labute approximate surface area is 326 Å². The molecule has 0 aromatic carbocycles. The molecule has 0 spiro atoms. The highest BCUT2D eigenvalue weighted by molar-refractivity contribution is 5.69. The molecule has 1 aliphatic heterocycles. The van der Waals surface area contributed by atoms with Crippen molar-refractivity contribution < 1.29 is 24.5 Å². The van der Waals surface area contributed by atoms with E-state index in [1.807, 2.05) is 0 Å². The minimum atomic E-state index is -1.04. The van der Waals surface area contributed by atoms with Gasteiger partial charge in [0.2, 0.25) is 0 Å². The highest BCUT2D eigenvalue weighted by atomic mass is 16.5. The SMILES string of the molecule is CCCCCCCCCCCCCCCCCC(=O)O[C@H]1CC[C@]2(C)[C@H]3CC[C@@]4(C)[C@H]([C@H]5CO[C@@H](C(C)(C)O)[C@H](O)C5)CC[C@]4(C)C3=CC[C@H]2C1(C)C. The summed E-state index contributed by atoms with van der Waals surface area (Å²) in [5, 5.41) is 21.6. The van der Waals surface area contributed by atoms with Crippen LogP contribution in [0.2, 0.25) is 0 Å². The van der Waals surface area contributed by atoms with Gasteiger partial charge < -0.3 is 19.7 Å². The van der Waals surface area contributed by atoms with Crippen molar-refractivity contribution in [1.82, 2.24) is 0 Å². The molecule has 0 radical (unpaired) electrons. The summed E-state index contributed by atoms with van der Waals surface area (Å²) >= 11 is 0. The van der Waals surface area contributed by atoms with Crippen LogP contribution in [0.5, 0.6) is 0 Å². The van der Waals surface area contributed by atoms with Gasteiger partial charge in [0.15, 0.2) is 0 Å². The average molecular weight is 741 g/mol. The van der Waals surface area contributed by atoms with Crippen LogP contribution < -0.4 is 0 Å². The highest BCUT2D eigenvalue weighted by Crippen LogP contribution is 2.73. The van der Waals surface area contributed by atoms with Crippen molar-refractivity contribution in [3.63, 3.8) is 0 Å². The minimum absolute atomic E-state index is 0.00474. The molecule has 5 rings (SSSR count). The fourth-order valence-corrected chi connectivity index (χ4v) is 13.3. The van der Waals surface area contributed by atoms with Crippen molar-refractivity contribution in [1.29, 1.82) is 0 Å². The van der Waals surface area contributed by atoms with Gasteiger partial charge in [-0.1, -0.05) is 143 Å². The molecular weight excluding hydrogens is 657 g/mol. The second-order valence-corrected chi connectivity index (χ2v) is 20.9.